The van der Waals surface area contributed by atoms with Crippen LogP contribution in [0.1, 0.15) is 68.1 Å². The van der Waals surface area contributed by atoms with Gasteiger partial charge in [0.1, 0.15) is 11.5 Å². The van der Waals surface area contributed by atoms with E-state index in [0.29, 0.717) is 49.2 Å². The van der Waals surface area contributed by atoms with Crippen molar-refractivity contribution in [3.8, 4) is 0 Å². The van der Waals surface area contributed by atoms with Crippen LogP contribution in [0.15, 0.2) is 34.9 Å². The average Bonchev–Trinajstić information content (AvgIpc) is 3.42. The molecule has 0 saturated carbocycles. The predicted molar refractivity (Wildman–Crippen MR) is 124 cm³/mol. The first-order valence-electron chi connectivity index (χ1n) is 11.6. The lowest BCUT2D eigenvalue weighted by molar-refractivity contribution is 0.0920. The molecule has 2 atom stereocenters. The Morgan fingerprint density at radius 1 is 1.31 bits per heavy atom. The van der Waals surface area contributed by atoms with Gasteiger partial charge in [0.25, 0.3) is 17.7 Å². The molecule has 1 unspecified atom stereocenters. The van der Waals surface area contributed by atoms with E-state index in [2.05, 4.69) is 26.2 Å². The summed E-state index contributed by atoms with van der Waals surface area (Å²) >= 11 is 0. The maximum atomic E-state index is 13.0. The number of aryl methyl sites for hydroxylation is 1. The summed E-state index contributed by atoms with van der Waals surface area (Å²) in [5, 5.41) is 26.0. The van der Waals surface area contributed by atoms with E-state index in [0.717, 1.165) is 11.3 Å². The monoisotopic (exact) mass is 478 g/mol. The van der Waals surface area contributed by atoms with Crippen LogP contribution in [0, 0.1) is 0 Å². The van der Waals surface area contributed by atoms with Gasteiger partial charge in [-0.25, -0.2) is 0 Å². The normalized spacial score (nSPS) is 17.3. The molecule has 3 heterocycles. The van der Waals surface area contributed by atoms with Crippen LogP contribution < -0.4 is 16.0 Å². The predicted octanol–water partition coefficient (Wildman–Crippen LogP) is 1.27. The molecule has 0 fully saturated rings. The minimum absolute atomic E-state index is 0.0296. The number of para-hydroxylation sites is 1. The van der Waals surface area contributed by atoms with Gasteiger partial charge in [-0.2, -0.15) is 5.10 Å². The summed E-state index contributed by atoms with van der Waals surface area (Å²) in [7, 11) is 0. The van der Waals surface area contributed by atoms with Gasteiger partial charge in [0.05, 0.1) is 6.54 Å². The number of anilines is 1. The van der Waals surface area contributed by atoms with Crippen molar-refractivity contribution in [2.45, 2.75) is 51.2 Å². The van der Waals surface area contributed by atoms with E-state index in [4.69, 9.17) is 9.63 Å². The fourth-order valence-electron chi connectivity index (χ4n) is 4.48. The summed E-state index contributed by atoms with van der Waals surface area (Å²) in [6.45, 7) is 2.14. The van der Waals surface area contributed by atoms with Crippen molar-refractivity contribution < 1.29 is 24.0 Å². The summed E-state index contributed by atoms with van der Waals surface area (Å²) in [5.74, 6) is -0.440. The Balaban J connectivity index is 1.28. The van der Waals surface area contributed by atoms with Gasteiger partial charge in [-0.05, 0) is 37.8 Å². The third-order valence-corrected chi connectivity index (χ3v) is 6.36. The second kappa shape index (κ2) is 9.34. The highest BCUT2D eigenvalue weighted by Gasteiger charge is 2.31. The minimum Gasteiger partial charge on any atom is -0.396 e. The third kappa shape index (κ3) is 4.54. The highest BCUT2D eigenvalue weighted by molar-refractivity contribution is 6.05. The molecule has 2 aromatic heterocycles. The molecule has 3 amide bonds. The summed E-state index contributed by atoms with van der Waals surface area (Å²) < 4.78 is 6.89. The number of benzene rings is 1. The Bertz CT molecular complexity index is 1300. The van der Waals surface area contributed by atoms with Crippen LogP contribution in [-0.2, 0) is 19.4 Å². The maximum Gasteiger partial charge on any atom is 0.273 e. The highest BCUT2D eigenvalue weighted by Crippen LogP contribution is 2.26. The number of nitrogens with one attached hydrogen (secondary N) is 3. The summed E-state index contributed by atoms with van der Waals surface area (Å²) in [6.07, 6.45) is 1.98. The van der Waals surface area contributed by atoms with E-state index in [9.17, 15) is 14.4 Å². The number of carbonyl (C=O) groups excluding carboxylic acids is 3. The molecule has 3 aromatic rings. The number of hydrogen-bond acceptors (Lipinski definition) is 7. The molecule has 1 aromatic carbocycles. The lowest BCUT2D eigenvalue weighted by Gasteiger charge is -2.22. The van der Waals surface area contributed by atoms with Gasteiger partial charge in [0.15, 0.2) is 11.4 Å². The SMILES string of the molecule is C[C@@H](CCO)NC(=O)c1noc2c1CC(NC(=O)c1cc3n(n1)Cc1ccccc1NC3=O)CC2. The van der Waals surface area contributed by atoms with E-state index in [1.807, 2.05) is 24.3 Å². The zero-order valence-electron chi connectivity index (χ0n) is 19.2. The van der Waals surface area contributed by atoms with Gasteiger partial charge >= 0.3 is 0 Å². The number of nitrogens with zero attached hydrogens (tertiary/aromatic N) is 3. The first kappa shape index (κ1) is 22.8. The minimum atomic E-state index is -0.390. The summed E-state index contributed by atoms with van der Waals surface area (Å²) in [6, 6.07) is 8.51. The van der Waals surface area contributed by atoms with Crippen molar-refractivity contribution in [3.05, 3.63) is 64.3 Å². The molecular formula is C24H26N6O5. The average molecular weight is 479 g/mol. The van der Waals surface area contributed by atoms with Gasteiger partial charge in [0.2, 0.25) is 0 Å². The molecule has 5 rings (SSSR count). The first-order chi connectivity index (χ1) is 16.9. The number of rotatable bonds is 6. The topological polar surface area (TPSA) is 151 Å². The molecule has 0 radical (unpaired) electrons. The van der Waals surface area contributed by atoms with Crippen molar-refractivity contribution in [1.82, 2.24) is 25.6 Å². The van der Waals surface area contributed by atoms with Gasteiger partial charge in [-0.3, -0.25) is 19.1 Å². The smallest absolute Gasteiger partial charge is 0.273 e. The van der Waals surface area contributed by atoms with E-state index < -0.39 is 0 Å². The van der Waals surface area contributed by atoms with Crippen LogP contribution in [0.5, 0.6) is 0 Å². The number of carbonyl (C=O) groups is 3. The van der Waals surface area contributed by atoms with Crippen LogP contribution in [0.4, 0.5) is 5.69 Å². The van der Waals surface area contributed by atoms with Crippen molar-refractivity contribution in [3.63, 3.8) is 0 Å². The van der Waals surface area contributed by atoms with Crippen molar-refractivity contribution in [2.24, 2.45) is 0 Å². The number of hydrogen-bond donors (Lipinski definition) is 4. The molecule has 0 spiro atoms. The van der Waals surface area contributed by atoms with Crippen LogP contribution in [-0.4, -0.2) is 56.5 Å². The van der Waals surface area contributed by atoms with Crippen LogP contribution >= 0.6 is 0 Å². The number of amides is 3. The molecule has 1 aliphatic heterocycles. The van der Waals surface area contributed by atoms with Crippen LogP contribution in [0.25, 0.3) is 0 Å². The summed E-state index contributed by atoms with van der Waals surface area (Å²) in [4.78, 5) is 38.3. The zero-order chi connectivity index (χ0) is 24.5. The lowest BCUT2D eigenvalue weighted by Crippen LogP contribution is -2.40. The van der Waals surface area contributed by atoms with Crippen molar-refractivity contribution in [2.75, 3.05) is 11.9 Å². The van der Waals surface area contributed by atoms with Crippen LogP contribution in [0.2, 0.25) is 0 Å². The lowest BCUT2D eigenvalue weighted by atomic mass is 9.91. The number of aromatic nitrogens is 3. The van der Waals surface area contributed by atoms with Gasteiger partial charge in [0, 0.05) is 42.4 Å². The van der Waals surface area contributed by atoms with E-state index in [1.54, 1.807) is 6.92 Å². The Hall–Kier alpha value is -3.99. The Morgan fingerprint density at radius 2 is 2.14 bits per heavy atom. The Morgan fingerprint density at radius 3 is 2.97 bits per heavy atom. The maximum absolute atomic E-state index is 13.0. The molecule has 11 nitrogen and oxygen atoms in total. The largest absolute Gasteiger partial charge is 0.396 e. The van der Waals surface area contributed by atoms with Crippen molar-refractivity contribution in [1.29, 1.82) is 0 Å². The fraction of sp³-hybridized carbons (Fsp3) is 0.375. The molecule has 11 heteroatoms. The Kier molecular flexibility index (Phi) is 6.08. The number of aliphatic hydroxyl groups excluding tert-OH is 1. The first-order valence-corrected chi connectivity index (χ1v) is 11.6. The molecule has 0 bridgehead atoms. The molecular weight excluding hydrogens is 452 g/mol. The number of aliphatic hydroxyl groups is 1. The molecule has 182 valence electrons. The second-order valence-electron chi connectivity index (χ2n) is 8.92. The van der Waals surface area contributed by atoms with E-state index >= 15 is 0 Å². The molecule has 1 aliphatic carbocycles. The number of fused-ring (bicyclic) bond motifs is 3. The quantitative estimate of drug-likeness (QED) is 0.416. The second-order valence-corrected chi connectivity index (χ2v) is 8.92. The fourth-order valence-corrected chi connectivity index (χ4v) is 4.48. The highest BCUT2D eigenvalue weighted by atomic mass is 16.5. The summed E-state index contributed by atoms with van der Waals surface area (Å²) in [5.41, 5.74) is 2.97. The van der Waals surface area contributed by atoms with Gasteiger partial charge in [-0.15, -0.1) is 0 Å². The van der Waals surface area contributed by atoms with E-state index in [-0.39, 0.29) is 47.8 Å². The zero-order valence-corrected chi connectivity index (χ0v) is 19.2. The van der Waals surface area contributed by atoms with E-state index in [1.165, 1.54) is 10.7 Å². The molecule has 35 heavy (non-hydrogen) atoms. The standard InChI is InChI=1S/C24H26N6O5/c1-13(8-9-31)25-24(34)21-16-10-15(6-7-20(16)35-29-21)26-22(32)18-11-19-23(33)27-17-5-3-2-4-14(17)12-30(19)28-18/h2-5,11,13,15,31H,6-10,12H2,1H3,(H,25,34)(H,26,32)(H,27,33)/t13-,15?/m0/s1. The van der Waals surface area contributed by atoms with Gasteiger partial charge in [-0.1, -0.05) is 23.4 Å². The Labute approximate surface area is 200 Å². The third-order valence-electron chi connectivity index (χ3n) is 6.36. The molecule has 0 saturated heterocycles. The molecule has 2 aliphatic rings. The van der Waals surface area contributed by atoms with Gasteiger partial charge < -0.3 is 25.6 Å². The molecule has 4 N–H and O–H groups in total. The van der Waals surface area contributed by atoms with Crippen LogP contribution in [0.3, 0.4) is 0 Å². The van der Waals surface area contributed by atoms with Crippen molar-refractivity contribution >= 4 is 23.4 Å².